The minimum absolute atomic E-state index is 0.157. The summed E-state index contributed by atoms with van der Waals surface area (Å²) in [6, 6.07) is 3.27. The van der Waals surface area contributed by atoms with Crippen LogP contribution >= 0.6 is 0 Å². The second-order valence-electron chi connectivity index (χ2n) is 6.13. The smallest absolute Gasteiger partial charge is 0.242 e. The standard InChI is InChI=1S/C16H24FN3O/c1-10(2)15(20(3)4)16(21)19-13-6-5-11-9-18-8-7-12(11)14(13)17/h5-6,10,15,18H,7-9H2,1-4H3,(H,19,21)/t15-/m1/s1. The van der Waals surface area contributed by atoms with Crippen LogP contribution in [-0.4, -0.2) is 37.5 Å². The van der Waals surface area contributed by atoms with Crippen molar-refractivity contribution < 1.29 is 9.18 Å². The lowest BCUT2D eigenvalue weighted by molar-refractivity contribution is -0.121. The monoisotopic (exact) mass is 293 g/mol. The van der Waals surface area contributed by atoms with E-state index in [4.69, 9.17) is 0 Å². The van der Waals surface area contributed by atoms with Crippen LogP contribution in [0.2, 0.25) is 0 Å². The van der Waals surface area contributed by atoms with Crippen molar-refractivity contribution in [1.29, 1.82) is 0 Å². The Labute approximate surface area is 125 Å². The molecule has 1 aromatic rings. The third-order valence-electron chi connectivity index (χ3n) is 3.92. The fraction of sp³-hybridized carbons (Fsp3) is 0.562. The Kier molecular flexibility index (Phi) is 4.96. The first kappa shape index (κ1) is 15.9. The molecule has 1 amide bonds. The number of likely N-dealkylation sites (N-methyl/N-ethyl adjacent to an activating group) is 1. The van der Waals surface area contributed by atoms with Crippen LogP contribution in [0.25, 0.3) is 0 Å². The van der Waals surface area contributed by atoms with Crippen LogP contribution in [0, 0.1) is 11.7 Å². The first-order valence-electron chi connectivity index (χ1n) is 7.40. The van der Waals surface area contributed by atoms with Gasteiger partial charge in [-0.15, -0.1) is 0 Å². The SMILES string of the molecule is CC(C)[C@H](C(=O)Nc1ccc2c(c1F)CCNC2)N(C)C. The van der Waals surface area contributed by atoms with E-state index in [1.165, 1.54) is 0 Å². The van der Waals surface area contributed by atoms with Crippen molar-refractivity contribution in [1.82, 2.24) is 10.2 Å². The zero-order chi connectivity index (χ0) is 15.6. The number of hydrogen-bond donors (Lipinski definition) is 2. The summed E-state index contributed by atoms with van der Waals surface area (Å²) in [5.41, 5.74) is 1.98. The Bertz CT molecular complexity index is 520. The highest BCUT2D eigenvalue weighted by atomic mass is 19.1. The molecular formula is C16H24FN3O. The largest absolute Gasteiger partial charge is 0.322 e. The molecule has 0 radical (unpaired) electrons. The molecule has 0 spiro atoms. The molecule has 5 heteroatoms. The van der Waals surface area contributed by atoms with Gasteiger partial charge in [0.25, 0.3) is 0 Å². The fourth-order valence-electron chi connectivity index (χ4n) is 2.97. The van der Waals surface area contributed by atoms with Gasteiger partial charge in [-0.3, -0.25) is 9.69 Å². The van der Waals surface area contributed by atoms with Crippen molar-refractivity contribution in [2.75, 3.05) is 26.0 Å². The van der Waals surface area contributed by atoms with Crippen molar-refractivity contribution >= 4 is 11.6 Å². The number of fused-ring (bicyclic) bond motifs is 1. The average Bonchev–Trinajstić information content (AvgIpc) is 2.41. The van der Waals surface area contributed by atoms with E-state index >= 15 is 0 Å². The van der Waals surface area contributed by atoms with E-state index in [-0.39, 0.29) is 29.4 Å². The van der Waals surface area contributed by atoms with Gasteiger partial charge in [-0.25, -0.2) is 4.39 Å². The molecule has 0 fully saturated rings. The van der Waals surface area contributed by atoms with Gasteiger partial charge in [-0.05, 0) is 50.2 Å². The Balaban J connectivity index is 2.21. The van der Waals surface area contributed by atoms with Gasteiger partial charge in [0.15, 0.2) is 0 Å². The van der Waals surface area contributed by atoms with E-state index < -0.39 is 0 Å². The van der Waals surface area contributed by atoms with Crippen LogP contribution in [0.3, 0.4) is 0 Å². The van der Waals surface area contributed by atoms with Gasteiger partial charge >= 0.3 is 0 Å². The van der Waals surface area contributed by atoms with E-state index in [0.29, 0.717) is 13.0 Å². The molecule has 0 aromatic heterocycles. The minimum Gasteiger partial charge on any atom is -0.322 e. The zero-order valence-corrected chi connectivity index (χ0v) is 13.2. The molecule has 0 unspecified atom stereocenters. The third-order valence-corrected chi connectivity index (χ3v) is 3.92. The van der Waals surface area contributed by atoms with Gasteiger partial charge < -0.3 is 10.6 Å². The molecule has 4 nitrogen and oxygen atoms in total. The van der Waals surface area contributed by atoms with E-state index in [0.717, 1.165) is 17.7 Å². The van der Waals surface area contributed by atoms with Crippen molar-refractivity contribution in [2.24, 2.45) is 5.92 Å². The molecule has 0 saturated carbocycles. The van der Waals surface area contributed by atoms with Crippen LogP contribution in [-0.2, 0) is 17.8 Å². The highest BCUT2D eigenvalue weighted by molar-refractivity contribution is 5.95. The fourth-order valence-corrected chi connectivity index (χ4v) is 2.97. The number of nitrogens with one attached hydrogen (secondary N) is 2. The van der Waals surface area contributed by atoms with Crippen LogP contribution in [0.1, 0.15) is 25.0 Å². The van der Waals surface area contributed by atoms with Gasteiger partial charge in [0.2, 0.25) is 5.91 Å². The summed E-state index contributed by atoms with van der Waals surface area (Å²) in [5, 5.41) is 5.96. The second kappa shape index (κ2) is 6.54. The summed E-state index contributed by atoms with van der Waals surface area (Å²) < 4.78 is 14.5. The molecule has 0 bridgehead atoms. The Morgan fingerprint density at radius 1 is 1.38 bits per heavy atom. The Morgan fingerprint density at radius 3 is 2.71 bits per heavy atom. The maximum Gasteiger partial charge on any atom is 0.242 e. The minimum atomic E-state index is -0.288. The molecule has 1 aliphatic rings. The predicted octanol–water partition coefficient (Wildman–Crippen LogP) is 2.00. The van der Waals surface area contributed by atoms with Crippen molar-refractivity contribution in [3.63, 3.8) is 0 Å². The summed E-state index contributed by atoms with van der Waals surface area (Å²) in [7, 11) is 3.72. The van der Waals surface area contributed by atoms with Crippen LogP contribution in [0.15, 0.2) is 12.1 Å². The van der Waals surface area contributed by atoms with Crippen molar-refractivity contribution in [3.05, 3.63) is 29.1 Å². The topological polar surface area (TPSA) is 44.4 Å². The summed E-state index contributed by atoms with van der Waals surface area (Å²) in [6.45, 7) is 5.43. The molecule has 1 aromatic carbocycles. The van der Waals surface area contributed by atoms with Crippen LogP contribution in [0.4, 0.5) is 10.1 Å². The van der Waals surface area contributed by atoms with Gasteiger partial charge in [0, 0.05) is 6.54 Å². The Morgan fingerprint density at radius 2 is 2.10 bits per heavy atom. The molecule has 1 atom stereocenters. The third kappa shape index (κ3) is 3.41. The maximum absolute atomic E-state index is 14.5. The second-order valence-corrected chi connectivity index (χ2v) is 6.13. The normalized spacial score (nSPS) is 16.0. The molecule has 116 valence electrons. The summed E-state index contributed by atoms with van der Waals surface area (Å²) in [4.78, 5) is 14.2. The first-order valence-corrected chi connectivity index (χ1v) is 7.40. The molecule has 21 heavy (non-hydrogen) atoms. The molecule has 0 saturated heterocycles. The molecule has 0 aliphatic carbocycles. The summed E-state index contributed by atoms with van der Waals surface area (Å²) in [5.74, 6) is -0.295. The summed E-state index contributed by atoms with van der Waals surface area (Å²) in [6.07, 6.45) is 0.659. The average molecular weight is 293 g/mol. The lowest BCUT2D eigenvalue weighted by atomic mass is 9.98. The number of anilines is 1. The number of nitrogens with zero attached hydrogens (tertiary/aromatic N) is 1. The zero-order valence-electron chi connectivity index (χ0n) is 13.2. The number of carbonyl (C=O) groups excluding carboxylic acids is 1. The molecule has 1 heterocycles. The number of carbonyl (C=O) groups is 1. The van der Waals surface area contributed by atoms with E-state index in [9.17, 15) is 9.18 Å². The number of rotatable bonds is 4. The summed E-state index contributed by atoms with van der Waals surface area (Å²) >= 11 is 0. The Hall–Kier alpha value is -1.46. The lowest BCUT2D eigenvalue weighted by Crippen LogP contribution is -2.43. The molecular weight excluding hydrogens is 269 g/mol. The highest BCUT2D eigenvalue weighted by Gasteiger charge is 2.26. The van der Waals surface area contributed by atoms with Crippen molar-refractivity contribution in [3.8, 4) is 0 Å². The van der Waals surface area contributed by atoms with Crippen LogP contribution in [0.5, 0.6) is 0 Å². The number of amides is 1. The lowest BCUT2D eigenvalue weighted by Gasteiger charge is -2.27. The van der Waals surface area contributed by atoms with Gasteiger partial charge in [-0.1, -0.05) is 19.9 Å². The van der Waals surface area contributed by atoms with E-state index in [2.05, 4.69) is 10.6 Å². The molecule has 2 rings (SSSR count). The highest BCUT2D eigenvalue weighted by Crippen LogP contribution is 2.25. The van der Waals surface area contributed by atoms with Gasteiger partial charge in [0.1, 0.15) is 5.82 Å². The molecule has 2 N–H and O–H groups in total. The number of halogens is 1. The number of benzene rings is 1. The number of hydrogen-bond acceptors (Lipinski definition) is 3. The van der Waals surface area contributed by atoms with E-state index in [1.807, 2.05) is 38.9 Å². The first-order chi connectivity index (χ1) is 9.91. The van der Waals surface area contributed by atoms with Gasteiger partial charge in [-0.2, -0.15) is 0 Å². The maximum atomic E-state index is 14.5. The quantitative estimate of drug-likeness (QED) is 0.892. The predicted molar refractivity (Wildman–Crippen MR) is 82.8 cm³/mol. The van der Waals surface area contributed by atoms with Crippen LogP contribution < -0.4 is 10.6 Å². The molecule has 1 aliphatic heterocycles. The van der Waals surface area contributed by atoms with Crippen molar-refractivity contribution in [2.45, 2.75) is 32.9 Å². The van der Waals surface area contributed by atoms with Gasteiger partial charge in [0.05, 0.1) is 11.7 Å². The van der Waals surface area contributed by atoms with E-state index in [1.54, 1.807) is 6.07 Å².